The fourth-order valence-corrected chi connectivity index (χ4v) is 2.41. The van der Waals surface area contributed by atoms with E-state index in [4.69, 9.17) is 0 Å². The first-order valence-corrected chi connectivity index (χ1v) is 6.61. The minimum absolute atomic E-state index is 0.0840. The maximum atomic E-state index is 11.1. The summed E-state index contributed by atoms with van der Waals surface area (Å²) in [5.74, 6) is 2.32. The van der Waals surface area contributed by atoms with Crippen molar-refractivity contribution in [3.63, 3.8) is 0 Å². The Morgan fingerprint density at radius 3 is 2.74 bits per heavy atom. The van der Waals surface area contributed by atoms with Crippen molar-refractivity contribution in [1.29, 1.82) is 0 Å². The van der Waals surface area contributed by atoms with Crippen LogP contribution in [0.1, 0.15) is 20.3 Å². The molecule has 2 rings (SSSR count). The van der Waals surface area contributed by atoms with Crippen molar-refractivity contribution in [2.24, 2.45) is 11.8 Å². The summed E-state index contributed by atoms with van der Waals surface area (Å²) in [5.41, 5.74) is 0.0840. The van der Waals surface area contributed by atoms with Gasteiger partial charge in [0.1, 0.15) is 5.82 Å². The van der Waals surface area contributed by atoms with Crippen LogP contribution in [0.2, 0.25) is 0 Å². The summed E-state index contributed by atoms with van der Waals surface area (Å²) in [6.45, 7) is 6.06. The molecular formula is C13H20N4O2. The molecule has 0 aromatic carbocycles. The second kappa shape index (κ2) is 5.42. The minimum atomic E-state index is -0.357. The van der Waals surface area contributed by atoms with Gasteiger partial charge in [-0.25, -0.2) is 4.98 Å². The Kier molecular flexibility index (Phi) is 3.87. The van der Waals surface area contributed by atoms with Crippen LogP contribution in [0.3, 0.4) is 0 Å². The number of nitrogens with zero attached hydrogens (tertiary/aromatic N) is 3. The Bertz CT molecular complexity index is 478. The summed E-state index contributed by atoms with van der Waals surface area (Å²) in [4.78, 5) is 17.2. The number of pyridine rings is 1. The molecule has 2 heterocycles. The average Bonchev–Trinajstić information content (AvgIpc) is 2.41. The quantitative estimate of drug-likeness (QED) is 0.671. The number of nitro groups is 1. The molecule has 2 atom stereocenters. The van der Waals surface area contributed by atoms with Gasteiger partial charge in [0.15, 0.2) is 0 Å². The van der Waals surface area contributed by atoms with Gasteiger partial charge in [0.2, 0.25) is 5.82 Å². The monoisotopic (exact) mass is 264 g/mol. The molecule has 19 heavy (non-hydrogen) atoms. The standard InChI is InChI=1S/C13H20N4O2/c1-9-6-7-16(8-10(9)2)13-11(17(18)19)4-5-12(14-3)15-13/h4-5,9-10H,6-8H2,1-3H3,(H,14,15). The Morgan fingerprint density at radius 2 is 2.16 bits per heavy atom. The summed E-state index contributed by atoms with van der Waals surface area (Å²) in [6.07, 6.45) is 1.05. The van der Waals surface area contributed by atoms with Crippen LogP contribution in [-0.4, -0.2) is 30.0 Å². The van der Waals surface area contributed by atoms with Crippen LogP contribution in [0.5, 0.6) is 0 Å². The lowest BCUT2D eigenvalue weighted by molar-refractivity contribution is -0.384. The third-order valence-corrected chi connectivity index (χ3v) is 3.94. The Labute approximate surface area is 113 Å². The van der Waals surface area contributed by atoms with E-state index in [0.717, 1.165) is 19.5 Å². The molecule has 0 radical (unpaired) electrons. The zero-order valence-electron chi connectivity index (χ0n) is 11.6. The van der Waals surface area contributed by atoms with E-state index in [1.54, 1.807) is 13.1 Å². The summed E-state index contributed by atoms with van der Waals surface area (Å²) in [6, 6.07) is 3.16. The topological polar surface area (TPSA) is 71.3 Å². The molecule has 0 bridgehead atoms. The highest BCUT2D eigenvalue weighted by Crippen LogP contribution is 2.32. The van der Waals surface area contributed by atoms with Crippen molar-refractivity contribution in [1.82, 2.24) is 4.98 Å². The molecule has 1 saturated heterocycles. The Morgan fingerprint density at radius 1 is 1.42 bits per heavy atom. The van der Waals surface area contributed by atoms with Gasteiger partial charge in [0, 0.05) is 26.2 Å². The molecule has 1 aromatic heterocycles. The molecule has 6 heteroatoms. The predicted molar refractivity (Wildman–Crippen MR) is 75.6 cm³/mol. The number of aromatic nitrogens is 1. The molecule has 0 saturated carbocycles. The van der Waals surface area contributed by atoms with Crippen molar-refractivity contribution < 1.29 is 4.92 Å². The molecule has 1 fully saturated rings. The van der Waals surface area contributed by atoms with E-state index in [-0.39, 0.29) is 10.6 Å². The van der Waals surface area contributed by atoms with E-state index in [1.807, 2.05) is 4.90 Å². The van der Waals surface area contributed by atoms with Crippen LogP contribution in [0.15, 0.2) is 12.1 Å². The lowest BCUT2D eigenvalue weighted by atomic mass is 9.88. The molecular weight excluding hydrogens is 244 g/mol. The first-order valence-electron chi connectivity index (χ1n) is 6.61. The van der Waals surface area contributed by atoms with E-state index in [0.29, 0.717) is 23.5 Å². The van der Waals surface area contributed by atoms with Gasteiger partial charge in [-0.3, -0.25) is 10.1 Å². The molecule has 0 spiro atoms. The van der Waals surface area contributed by atoms with Crippen LogP contribution in [-0.2, 0) is 0 Å². The average molecular weight is 264 g/mol. The van der Waals surface area contributed by atoms with Gasteiger partial charge < -0.3 is 10.2 Å². The fraction of sp³-hybridized carbons (Fsp3) is 0.615. The van der Waals surface area contributed by atoms with Crippen molar-refractivity contribution >= 4 is 17.3 Å². The predicted octanol–water partition coefficient (Wildman–Crippen LogP) is 2.51. The van der Waals surface area contributed by atoms with Crippen molar-refractivity contribution in [3.8, 4) is 0 Å². The summed E-state index contributed by atoms with van der Waals surface area (Å²) in [5, 5.41) is 14.1. The lowest BCUT2D eigenvalue weighted by Gasteiger charge is -2.35. The number of piperidine rings is 1. The first kappa shape index (κ1) is 13.6. The van der Waals surface area contributed by atoms with E-state index < -0.39 is 0 Å². The highest BCUT2D eigenvalue weighted by molar-refractivity contribution is 5.62. The summed E-state index contributed by atoms with van der Waals surface area (Å²) in [7, 11) is 1.76. The van der Waals surface area contributed by atoms with E-state index in [1.165, 1.54) is 6.07 Å². The second-order valence-electron chi connectivity index (χ2n) is 5.24. The van der Waals surface area contributed by atoms with Gasteiger partial charge in [-0.15, -0.1) is 0 Å². The van der Waals surface area contributed by atoms with Crippen LogP contribution in [0, 0.1) is 22.0 Å². The van der Waals surface area contributed by atoms with Crippen molar-refractivity contribution in [2.75, 3.05) is 30.4 Å². The third kappa shape index (κ3) is 2.77. The van der Waals surface area contributed by atoms with Gasteiger partial charge in [0.25, 0.3) is 0 Å². The third-order valence-electron chi connectivity index (χ3n) is 3.94. The fourth-order valence-electron chi connectivity index (χ4n) is 2.41. The molecule has 1 aliphatic heterocycles. The number of hydrogen-bond acceptors (Lipinski definition) is 5. The molecule has 0 amide bonds. The zero-order chi connectivity index (χ0) is 14.0. The van der Waals surface area contributed by atoms with Gasteiger partial charge in [-0.05, 0) is 24.3 Å². The maximum absolute atomic E-state index is 11.1. The molecule has 6 nitrogen and oxygen atoms in total. The molecule has 104 valence electrons. The van der Waals surface area contributed by atoms with Crippen LogP contribution >= 0.6 is 0 Å². The Balaban J connectivity index is 2.34. The molecule has 1 aliphatic rings. The van der Waals surface area contributed by atoms with Crippen molar-refractivity contribution in [2.45, 2.75) is 20.3 Å². The van der Waals surface area contributed by atoms with Crippen molar-refractivity contribution in [3.05, 3.63) is 22.2 Å². The van der Waals surface area contributed by atoms with Gasteiger partial charge in [0.05, 0.1) is 4.92 Å². The normalized spacial score (nSPS) is 23.2. The minimum Gasteiger partial charge on any atom is -0.373 e. The largest absolute Gasteiger partial charge is 0.373 e. The number of rotatable bonds is 3. The van der Waals surface area contributed by atoms with Crippen LogP contribution in [0.25, 0.3) is 0 Å². The van der Waals surface area contributed by atoms with E-state index in [9.17, 15) is 10.1 Å². The van der Waals surface area contributed by atoms with E-state index in [2.05, 4.69) is 24.1 Å². The highest BCUT2D eigenvalue weighted by Gasteiger charge is 2.28. The Hall–Kier alpha value is -1.85. The lowest BCUT2D eigenvalue weighted by Crippen LogP contribution is -2.39. The zero-order valence-corrected chi connectivity index (χ0v) is 11.6. The highest BCUT2D eigenvalue weighted by atomic mass is 16.6. The van der Waals surface area contributed by atoms with Crippen LogP contribution < -0.4 is 10.2 Å². The molecule has 0 aliphatic carbocycles. The summed E-state index contributed by atoms with van der Waals surface area (Å²) >= 11 is 0. The maximum Gasteiger partial charge on any atom is 0.311 e. The SMILES string of the molecule is CNc1ccc([N+](=O)[O-])c(N2CCC(C)C(C)C2)n1. The molecule has 1 N–H and O–H groups in total. The van der Waals surface area contributed by atoms with E-state index >= 15 is 0 Å². The molecule has 1 aromatic rings. The number of hydrogen-bond donors (Lipinski definition) is 1. The molecule has 2 unspecified atom stereocenters. The van der Waals surface area contributed by atoms with Crippen LogP contribution in [0.4, 0.5) is 17.3 Å². The van der Waals surface area contributed by atoms with Gasteiger partial charge in [-0.2, -0.15) is 0 Å². The summed E-state index contributed by atoms with van der Waals surface area (Å²) < 4.78 is 0. The van der Waals surface area contributed by atoms with Gasteiger partial charge >= 0.3 is 5.69 Å². The first-order chi connectivity index (χ1) is 9.02. The number of anilines is 2. The van der Waals surface area contributed by atoms with Gasteiger partial charge in [-0.1, -0.05) is 13.8 Å². The number of nitrogens with one attached hydrogen (secondary N) is 1. The second-order valence-corrected chi connectivity index (χ2v) is 5.24. The smallest absolute Gasteiger partial charge is 0.311 e.